The fourth-order valence-corrected chi connectivity index (χ4v) is 4.27. The lowest BCUT2D eigenvalue weighted by atomic mass is 10.1. The minimum atomic E-state index is -0.186. The molecule has 0 aliphatic rings. The van der Waals surface area contributed by atoms with Gasteiger partial charge < -0.3 is 5.11 Å². The predicted molar refractivity (Wildman–Crippen MR) is 106 cm³/mol. The Hall–Kier alpha value is -3.25. The Kier molecular flexibility index (Phi) is 3.48. The van der Waals surface area contributed by atoms with Crippen LogP contribution in [0, 0.1) is 13.8 Å². The molecule has 0 spiro atoms. The molecular weight excluding hydrogens is 356 g/mol. The minimum absolute atomic E-state index is 0.186. The minimum Gasteiger partial charge on any atom is -0.858 e. The third-order valence-electron chi connectivity index (χ3n) is 4.66. The van der Waals surface area contributed by atoms with Gasteiger partial charge in [-0.1, -0.05) is 41.7 Å². The van der Waals surface area contributed by atoms with Crippen LogP contribution in [0.1, 0.15) is 11.3 Å². The number of aryl methyl sites for hydroxylation is 2. The zero-order valence-corrected chi connectivity index (χ0v) is 15.6. The maximum absolute atomic E-state index is 13.1. The average molecular weight is 371 g/mol. The summed E-state index contributed by atoms with van der Waals surface area (Å²) in [5.74, 6) is -0.186. The number of hydrogen-bond donors (Lipinski definition) is 0. The van der Waals surface area contributed by atoms with E-state index in [2.05, 4.69) is 10.1 Å². The van der Waals surface area contributed by atoms with E-state index >= 15 is 0 Å². The Bertz CT molecular complexity index is 1290. The van der Waals surface area contributed by atoms with Crippen molar-refractivity contribution in [1.29, 1.82) is 0 Å². The zero-order valence-electron chi connectivity index (χ0n) is 14.8. The third-order valence-corrected chi connectivity index (χ3v) is 5.67. The molecule has 5 rings (SSSR count). The molecule has 0 bridgehead atoms. The van der Waals surface area contributed by atoms with E-state index in [9.17, 15) is 5.11 Å². The number of hydrogen-bond acceptors (Lipinski definition) is 5. The van der Waals surface area contributed by atoms with Crippen molar-refractivity contribution in [2.75, 3.05) is 0 Å². The van der Waals surface area contributed by atoms with Gasteiger partial charge in [0.25, 0.3) is 0 Å². The van der Waals surface area contributed by atoms with Gasteiger partial charge in [-0.25, -0.2) is 14.6 Å². The van der Waals surface area contributed by atoms with Gasteiger partial charge in [0.05, 0.1) is 27.1 Å². The normalized spacial score (nSPS) is 11.5. The van der Waals surface area contributed by atoms with E-state index in [1.54, 1.807) is 0 Å². The molecule has 2 aromatic carbocycles. The molecule has 0 N–H and O–H groups in total. The van der Waals surface area contributed by atoms with Crippen LogP contribution in [0.4, 0.5) is 0 Å². The van der Waals surface area contributed by atoms with E-state index in [1.165, 1.54) is 16.0 Å². The van der Waals surface area contributed by atoms with Crippen molar-refractivity contribution in [2.24, 2.45) is 0 Å². The molecule has 3 heterocycles. The van der Waals surface area contributed by atoms with Crippen LogP contribution in [0.5, 0.6) is 5.88 Å². The summed E-state index contributed by atoms with van der Waals surface area (Å²) >= 11 is 1.46. The van der Waals surface area contributed by atoms with Crippen LogP contribution < -0.4 is 5.11 Å². The second-order valence-electron chi connectivity index (χ2n) is 6.48. The molecule has 0 aliphatic heterocycles. The average Bonchev–Trinajstić information content (AvgIpc) is 3.22. The number of aromatic nitrogens is 4. The molecule has 0 radical (unpaired) electrons. The van der Waals surface area contributed by atoms with Gasteiger partial charge in [0.15, 0.2) is 0 Å². The summed E-state index contributed by atoms with van der Waals surface area (Å²) in [7, 11) is 0. The van der Waals surface area contributed by atoms with Crippen molar-refractivity contribution < 1.29 is 5.11 Å². The van der Waals surface area contributed by atoms with Crippen LogP contribution in [-0.2, 0) is 0 Å². The molecule has 0 atom stereocenters. The van der Waals surface area contributed by atoms with Crippen molar-refractivity contribution in [1.82, 2.24) is 19.7 Å². The quantitative estimate of drug-likeness (QED) is 0.462. The van der Waals surface area contributed by atoms with Crippen LogP contribution in [0.2, 0.25) is 0 Å². The van der Waals surface area contributed by atoms with Crippen molar-refractivity contribution in [2.45, 2.75) is 13.8 Å². The SMILES string of the molecule is Cc1nn(-c2nc3ccccc3s2)c([O-])c1-c1cc(C)c2ccccc2n1. The summed E-state index contributed by atoms with van der Waals surface area (Å²) in [5.41, 5.74) is 4.66. The van der Waals surface area contributed by atoms with E-state index in [0.717, 1.165) is 26.7 Å². The lowest BCUT2D eigenvalue weighted by Gasteiger charge is -2.12. The predicted octanol–water partition coefficient (Wildman–Crippen LogP) is 4.39. The molecule has 0 fully saturated rings. The first-order chi connectivity index (χ1) is 13.1. The summed E-state index contributed by atoms with van der Waals surface area (Å²) in [4.78, 5) is 9.27. The van der Waals surface area contributed by atoms with Crippen molar-refractivity contribution in [3.8, 4) is 22.3 Å². The number of para-hydroxylation sites is 2. The Balaban J connectivity index is 1.70. The summed E-state index contributed by atoms with van der Waals surface area (Å²) < 4.78 is 2.42. The highest BCUT2D eigenvalue weighted by molar-refractivity contribution is 7.20. The number of rotatable bonds is 2. The fourth-order valence-electron chi connectivity index (χ4n) is 3.36. The van der Waals surface area contributed by atoms with Gasteiger partial charge in [-0.2, -0.15) is 5.10 Å². The molecule has 5 nitrogen and oxygen atoms in total. The molecule has 0 unspecified atom stereocenters. The summed E-state index contributed by atoms with van der Waals surface area (Å²) in [6.07, 6.45) is 0. The van der Waals surface area contributed by atoms with Crippen LogP contribution in [-0.4, -0.2) is 19.7 Å². The monoisotopic (exact) mass is 371 g/mol. The maximum Gasteiger partial charge on any atom is 0.210 e. The van der Waals surface area contributed by atoms with Gasteiger partial charge in [-0.15, -0.1) is 0 Å². The molecule has 0 amide bonds. The number of thiazole rings is 1. The van der Waals surface area contributed by atoms with E-state index in [4.69, 9.17) is 4.98 Å². The van der Waals surface area contributed by atoms with Crippen LogP contribution in [0.15, 0.2) is 54.6 Å². The first-order valence-corrected chi connectivity index (χ1v) is 9.43. The van der Waals surface area contributed by atoms with E-state index in [1.807, 2.05) is 68.4 Å². The lowest BCUT2D eigenvalue weighted by molar-refractivity contribution is -0.276. The van der Waals surface area contributed by atoms with Gasteiger partial charge in [-0.3, -0.25) is 0 Å². The topological polar surface area (TPSA) is 66.7 Å². The Morgan fingerprint density at radius 3 is 2.48 bits per heavy atom. The smallest absolute Gasteiger partial charge is 0.210 e. The number of nitrogens with zero attached hydrogens (tertiary/aromatic N) is 4. The van der Waals surface area contributed by atoms with Gasteiger partial charge in [-0.05, 0) is 43.7 Å². The fraction of sp³-hybridized carbons (Fsp3) is 0.0952. The summed E-state index contributed by atoms with van der Waals surface area (Å²) in [5, 5.41) is 19.3. The Morgan fingerprint density at radius 2 is 1.67 bits per heavy atom. The van der Waals surface area contributed by atoms with Crippen LogP contribution in [0.25, 0.3) is 37.5 Å². The second-order valence-corrected chi connectivity index (χ2v) is 7.49. The third kappa shape index (κ3) is 2.49. The van der Waals surface area contributed by atoms with Crippen molar-refractivity contribution in [3.05, 3.63) is 65.9 Å². The largest absolute Gasteiger partial charge is 0.858 e. The molecule has 27 heavy (non-hydrogen) atoms. The molecule has 5 aromatic rings. The van der Waals surface area contributed by atoms with Gasteiger partial charge >= 0.3 is 0 Å². The Labute approximate surface area is 159 Å². The molecule has 132 valence electrons. The highest BCUT2D eigenvalue weighted by atomic mass is 32.1. The number of benzene rings is 2. The number of fused-ring (bicyclic) bond motifs is 2. The van der Waals surface area contributed by atoms with Gasteiger partial charge in [0.1, 0.15) is 0 Å². The lowest BCUT2D eigenvalue weighted by Crippen LogP contribution is -2.04. The first kappa shape index (κ1) is 16.0. The first-order valence-electron chi connectivity index (χ1n) is 8.61. The summed E-state index contributed by atoms with van der Waals surface area (Å²) in [6, 6.07) is 17.7. The van der Waals surface area contributed by atoms with Crippen LogP contribution >= 0.6 is 11.3 Å². The van der Waals surface area contributed by atoms with Crippen LogP contribution in [0.3, 0.4) is 0 Å². The standard InChI is InChI=1S/C21H16N4OS/c1-12-11-17(22-15-8-4-3-7-14(12)15)19-13(2)24-25(20(19)26)21-23-16-9-5-6-10-18(16)27-21/h3-11,26H,1-2H3/p-1. The molecule has 6 heteroatoms. The van der Waals surface area contributed by atoms with Gasteiger partial charge in [0.2, 0.25) is 5.13 Å². The highest BCUT2D eigenvalue weighted by Gasteiger charge is 2.16. The molecule has 0 saturated heterocycles. The number of pyridine rings is 1. The molecular formula is C21H15N4OS-. The summed E-state index contributed by atoms with van der Waals surface area (Å²) in [6.45, 7) is 3.87. The van der Waals surface area contributed by atoms with Crippen molar-refractivity contribution in [3.63, 3.8) is 0 Å². The molecule has 3 aromatic heterocycles. The zero-order chi connectivity index (χ0) is 18.5. The maximum atomic E-state index is 13.1. The second kappa shape index (κ2) is 5.89. The van der Waals surface area contributed by atoms with E-state index in [0.29, 0.717) is 22.1 Å². The highest BCUT2D eigenvalue weighted by Crippen LogP contribution is 2.35. The molecule has 0 aliphatic carbocycles. The van der Waals surface area contributed by atoms with E-state index < -0.39 is 0 Å². The Morgan fingerprint density at radius 1 is 0.926 bits per heavy atom. The van der Waals surface area contributed by atoms with E-state index in [-0.39, 0.29) is 5.88 Å². The molecule has 0 saturated carbocycles. The van der Waals surface area contributed by atoms with Gasteiger partial charge in [0, 0.05) is 16.8 Å². The van der Waals surface area contributed by atoms with Crippen molar-refractivity contribution >= 4 is 32.5 Å².